The summed E-state index contributed by atoms with van der Waals surface area (Å²) >= 11 is 0. The predicted molar refractivity (Wildman–Crippen MR) is 87.5 cm³/mol. The lowest BCUT2D eigenvalue weighted by atomic mass is 9.89. The van der Waals surface area contributed by atoms with E-state index in [9.17, 15) is 4.79 Å². The fourth-order valence-electron chi connectivity index (χ4n) is 3.73. The summed E-state index contributed by atoms with van der Waals surface area (Å²) in [6, 6.07) is 11.6. The van der Waals surface area contributed by atoms with Crippen LogP contribution in [-0.4, -0.2) is 18.0 Å². The number of carbonyl (C=O) groups is 1. The molecule has 2 aliphatic heterocycles. The van der Waals surface area contributed by atoms with Crippen molar-refractivity contribution in [1.82, 2.24) is 10.6 Å². The molecule has 1 aromatic rings. The largest absolute Gasteiger partial charge is 0.350 e. The molecule has 116 valence electrons. The first-order chi connectivity index (χ1) is 9.70. The van der Waals surface area contributed by atoms with E-state index >= 15 is 0 Å². The average molecular weight is 309 g/mol. The van der Waals surface area contributed by atoms with Crippen molar-refractivity contribution in [1.29, 1.82) is 0 Å². The smallest absolute Gasteiger partial charge is 0.220 e. The number of amides is 1. The highest BCUT2D eigenvalue weighted by molar-refractivity contribution is 5.85. The Morgan fingerprint density at radius 1 is 1.24 bits per heavy atom. The fourth-order valence-corrected chi connectivity index (χ4v) is 3.73. The second-order valence-corrected chi connectivity index (χ2v) is 6.38. The molecule has 3 nitrogen and oxygen atoms in total. The van der Waals surface area contributed by atoms with E-state index in [4.69, 9.17) is 0 Å². The van der Waals surface area contributed by atoms with Crippen molar-refractivity contribution < 1.29 is 4.79 Å². The SMILES string of the molecule is C[C@@H](NC(=O)CC1CC2CCC(C1)N2)c1ccccc1.Cl. The second kappa shape index (κ2) is 7.28. The molecular formula is C17H25ClN2O. The van der Waals surface area contributed by atoms with E-state index in [1.165, 1.54) is 31.2 Å². The standard InChI is InChI=1S/C17H24N2O.ClH/c1-12(14-5-3-2-4-6-14)18-17(20)11-13-9-15-7-8-16(10-13)19-15;/h2-6,12-13,15-16,19H,7-11H2,1H3,(H,18,20);1H/t12-,13?,15?,16?;/m1./s1. The second-order valence-electron chi connectivity index (χ2n) is 6.38. The summed E-state index contributed by atoms with van der Waals surface area (Å²) in [6.45, 7) is 2.05. The van der Waals surface area contributed by atoms with Crippen LogP contribution in [-0.2, 0) is 4.79 Å². The summed E-state index contributed by atoms with van der Waals surface area (Å²) < 4.78 is 0. The van der Waals surface area contributed by atoms with E-state index < -0.39 is 0 Å². The monoisotopic (exact) mass is 308 g/mol. The molecule has 0 aromatic heterocycles. The quantitative estimate of drug-likeness (QED) is 0.897. The van der Waals surface area contributed by atoms with Gasteiger partial charge in [-0.05, 0) is 44.1 Å². The van der Waals surface area contributed by atoms with Gasteiger partial charge >= 0.3 is 0 Å². The van der Waals surface area contributed by atoms with Gasteiger partial charge < -0.3 is 10.6 Å². The van der Waals surface area contributed by atoms with Gasteiger partial charge in [0.05, 0.1) is 6.04 Å². The van der Waals surface area contributed by atoms with Gasteiger partial charge in [-0.25, -0.2) is 0 Å². The number of hydrogen-bond donors (Lipinski definition) is 2. The number of rotatable bonds is 4. The van der Waals surface area contributed by atoms with Crippen molar-refractivity contribution in [3.8, 4) is 0 Å². The van der Waals surface area contributed by atoms with Gasteiger partial charge in [0.15, 0.2) is 0 Å². The van der Waals surface area contributed by atoms with Crippen molar-refractivity contribution in [2.75, 3.05) is 0 Å². The number of piperidine rings is 1. The molecule has 4 heteroatoms. The van der Waals surface area contributed by atoms with Crippen LogP contribution in [0, 0.1) is 5.92 Å². The number of hydrogen-bond acceptors (Lipinski definition) is 2. The summed E-state index contributed by atoms with van der Waals surface area (Å²) in [7, 11) is 0. The van der Waals surface area contributed by atoms with Crippen LogP contribution in [0.5, 0.6) is 0 Å². The minimum Gasteiger partial charge on any atom is -0.350 e. The van der Waals surface area contributed by atoms with Crippen LogP contribution in [0.4, 0.5) is 0 Å². The van der Waals surface area contributed by atoms with Crippen LogP contribution in [0.25, 0.3) is 0 Å². The highest BCUT2D eigenvalue weighted by Crippen LogP contribution is 2.32. The molecule has 0 saturated carbocycles. The van der Waals surface area contributed by atoms with Crippen LogP contribution in [0.2, 0.25) is 0 Å². The van der Waals surface area contributed by atoms with Gasteiger partial charge in [-0.2, -0.15) is 0 Å². The van der Waals surface area contributed by atoms with Crippen molar-refractivity contribution in [2.45, 2.75) is 57.2 Å². The van der Waals surface area contributed by atoms with Crippen LogP contribution >= 0.6 is 12.4 Å². The van der Waals surface area contributed by atoms with Crippen LogP contribution in [0.3, 0.4) is 0 Å². The maximum absolute atomic E-state index is 12.2. The summed E-state index contributed by atoms with van der Waals surface area (Å²) in [5, 5.41) is 6.76. The molecule has 0 aliphatic carbocycles. The molecular weight excluding hydrogens is 284 g/mol. The number of fused-ring (bicyclic) bond motifs is 2. The fraction of sp³-hybridized carbons (Fsp3) is 0.588. The molecule has 3 rings (SSSR count). The molecule has 1 amide bonds. The molecule has 2 unspecified atom stereocenters. The van der Waals surface area contributed by atoms with Gasteiger partial charge in [0, 0.05) is 18.5 Å². The van der Waals surface area contributed by atoms with E-state index in [1.807, 2.05) is 18.2 Å². The van der Waals surface area contributed by atoms with Gasteiger partial charge in [0.25, 0.3) is 0 Å². The Morgan fingerprint density at radius 2 is 1.86 bits per heavy atom. The average Bonchev–Trinajstić information content (AvgIpc) is 2.78. The molecule has 2 fully saturated rings. The Hall–Kier alpha value is -1.06. The van der Waals surface area contributed by atoms with Crippen molar-refractivity contribution in [2.24, 2.45) is 5.92 Å². The summed E-state index contributed by atoms with van der Waals surface area (Å²) in [5.41, 5.74) is 1.17. The van der Waals surface area contributed by atoms with Gasteiger partial charge in [-0.1, -0.05) is 30.3 Å². The van der Waals surface area contributed by atoms with E-state index in [0.717, 1.165) is 0 Å². The molecule has 3 atom stereocenters. The molecule has 2 bridgehead atoms. The van der Waals surface area contributed by atoms with E-state index in [0.29, 0.717) is 24.4 Å². The Bertz CT molecular complexity index is 453. The molecule has 2 saturated heterocycles. The lowest BCUT2D eigenvalue weighted by Gasteiger charge is -2.29. The molecule has 2 aliphatic rings. The minimum absolute atomic E-state index is 0. The Labute approximate surface area is 133 Å². The lowest BCUT2D eigenvalue weighted by molar-refractivity contribution is -0.122. The van der Waals surface area contributed by atoms with Gasteiger partial charge in [-0.3, -0.25) is 4.79 Å². The van der Waals surface area contributed by atoms with E-state index in [2.05, 4.69) is 29.7 Å². The summed E-state index contributed by atoms with van der Waals surface area (Å²) in [6.07, 6.45) is 5.62. The molecule has 2 heterocycles. The summed E-state index contributed by atoms with van der Waals surface area (Å²) in [4.78, 5) is 12.2. The van der Waals surface area contributed by atoms with Gasteiger partial charge in [0.1, 0.15) is 0 Å². The Balaban J connectivity index is 0.00000161. The van der Waals surface area contributed by atoms with E-state index in [-0.39, 0.29) is 24.4 Å². The van der Waals surface area contributed by atoms with Crippen molar-refractivity contribution in [3.63, 3.8) is 0 Å². The highest BCUT2D eigenvalue weighted by atomic mass is 35.5. The number of carbonyl (C=O) groups excluding carboxylic acids is 1. The zero-order chi connectivity index (χ0) is 13.9. The van der Waals surface area contributed by atoms with Gasteiger partial charge in [-0.15, -0.1) is 12.4 Å². The zero-order valence-corrected chi connectivity index (χ0v) is 13.4. The van der Waals surface area contributed by atoms with E-state index in [1.54, 1.807) is 0 Å². The maximum Gasteiger partial charge on any atom is 0.220 e. The molecule has 1 aromatic carbocycles. The number of halogens is 1. The molecule has 21 heavy (non-hydrogen) atoms. The first kappa shape index (κ1) is 16.3. The topological polar surface area (TPSA) is 41.1 Å². The lowest BCUT2D eigenvalue weighted by Crippen LogP contribution is -2.40. The minimum atomic E-state index is 0. The molecule has 0 radical (unpaired) electrons. The predicted octanol–water partition coefficient (Wildman–Crippen LogP) is 3.21. The van der Waals surface area contributed by atoms with Crippen LogP contribution in [0.15, 0.2) is 30.3 Å². The Morgan fingerprint density at radius 3 is 2.48 bits per heavy atom. The van der Waals surface area contributed by atoms with Crippen LogP contribution < -0.4 is 10.6 Å². The molecule has 2 N–H and O–H groups in total. The highest BCUT2D eigenvalue weighted by Gasteiger charge is 2.34. The molecule has 0 spiro atoms. The third-order valence-corrected chi connectivity index (χ3v) is 4.72. The Kier molecular flexibility index (Phi) is 5.65. The van der Waals surface area contributed by atoms with Crippen molar-refractivity contribution in [3.05, 3.63) is 35.9 Å². The zero-order valence-electron chi connectivity index (χ0n) is 12.5. The maximum atomic E-state index is 12.2. The third-order valence-electron chi connectivity index (χ3n) is 4.72. The first-order valence-corrected chi connectivity index (χ1v) is 7.81. The third kappa shape index (κ3) is 4.21. The van der Waals surface area contributed by atoms with Crippen LogP contribution in [0.1, 0.15) is 50.6 Å². The first-order valence-electron chi connectivity index (χ1n) is 7.81. The number of benzene rings is 1. The normalized spacial score (nSPS) is 28.5. The number of nitrogens with one attached hydrogen (secondary N) is 2. The van der Waals surface area contributed by atoms with Crippen molar-refractivity contribution >= 4 is 18.3 Å². The van der Waals surface area contributed by atoms with Gasteiger partial charge in [0.2, 0.25) is 5.91 Å². The summed E-state index contributed by atoms with van der Waals surface area (Å²) in [5.74, 6) is 0.768.